The van der Waals surface area contributed by atoms with Crippen molar-refractivity contribution in [3.63, 3.8) is 0 Å². The zero-order chi connectivity index (χ0) is 14.8. The van der Waals surface area contributed by atoms with Gasteiger partial charge in [0.2, 0.25) is 0 Å². The topological polar surface area (TPSA) is 110 Å². The summed E-state index contributed by atoms with van der Waals surface area (Å²) in [5.74, 6) is 0.528. The van der Waals surface area contributed by atoms with Gasteiger partial charge in [-0.3, -0.25) is 9.82 Å². The van der Waals surface area contributed by atoms with Crippen LogP contribution in [0.5, 0.6) is 5.75 Å². The van der Waals surface area contributed by atoms with Gasteiger partial charge in [0.1, 0.15) is 5.75 Å². The van der Waals surface area contributed by atoms with E-state index in [1.807, 2.05) is 0 Å². The second kappa shape index (κ2) is 5.81. The van der Waals surface area contributed by atoms with Crippen LogP contribution in [0.25, 0.3) is 0 Å². The molecular weight excluding hydrogens is 348 g/mol. The van der Waals surface area contributed by atoms with E-state index in [0.29, 0.717) is 21.5 Å². The monoisotopic (exact) mass is 360 g/mol. The second-order valence-corrected chi connectivity index (χ2v) is 6.45. The Kier molecular flexibility index (Phi) is 4.31. The molecule has 0 saturated carbocycles. The number of anilines is 1. The van der Waals surface area contributed by atoms with Crippen molar-refractivity contribution in [3.8, 4) is 5.75 Å². The summed E-state index contributed by atoms with van der Waals surface area (Å²) in [5, 5.41) is 6.09. The Bertz CT molecular complexity index is 714. The lowest BCUT2D eigenvalue weighted by molar-refractivity contribution is 0.415. The number of hydrogen-bond acceptors (Lipinski definition) is 5. The molecule has 1 aromatic carbocycles. The second-order valence-electron chi connectivity index (χ2n) is 3.91. The molecule has 0 bridgehead atoms. The molecule has 4 N–H and O–H groups in total. The molecule has 0 radical (unpaired) electrons. The zero-order valence-corrected chi connectivity index (χ0v) is 13.0. The van der Waals surface area contributed by atoms with Gasteiger partial charge in [0, 0.05) is 22.6 Å². The fourth-order valence-corrected chi connectivity index (χ4v) is 3.28. The molecule has 2 aromatic rings. The van der Waals surface area contributed by atoms with E-state index >= 15 is 0 Å². The van der Waals surface area contributed by atoms with E-state index in [9.17, 15) is 8.42 Å². The molecule has 2 rings (SSSR count). The molecule has 0 aliphatic rings. The molecule has 108 valence electrons. The highest BCUT2D eigenvalue weighted by atomic mass is 79.9. The van der Waals surface area contributed by atoms with Gasteiger partial charge < -0.3 is 10.5 Å². The van der Waals surface area contributed by atoms with Crippen LogP contribution < -0.4 is 15.2 Å². The smallest absolute Gasteiger partial charge is 0.279 e. The van der Waals surface area contributed by atoms with Crippen LogP contribution in [0.1, 0.15) is 5.56 Å². The third-order valence-corrected chi connectivity index (χ3v) is 4.38. The fraction of sp³-hybridized carbons (Fsp3) is 0.182. The molecule has 1 aromatic heterocycles. The summed E-state index contributed by atoms with van der Waals surface area (Å²) >= 11 is 3.28. The average Bonchev–Trinajstić information content (AvgIpc) is 2.86. The molecule has 0 amide bonds. The van der Waals surface area contributed by atoms with Crippen LogP contribution in [-0.2, 0) is 16.6 Å². The number of aromatic amines is 1. The molecule has 9 heteroatoms. The number of nitrogens with zero attached hydrogens (tertiary/aromatic N) is 1. The highest BCUT2D eigenvalue weighted by Crippen LogP contribution is 2.26. The third kappa shape index (κ3) is 3.11. The van der Waals surface area contributed by atoms with Gasteiger partial charge in [0.05, 0.1) is 19.0 Å². The van der Waals surface area contributed by atoms with Crippen molar-refractivity contribution in [1.82, 2.24) is 10.2 Å². The number of benzene rings is 1. The maximum absolute atomic E-state index is 12.3. The van der Waals surface area contributed by atoms with E-state index in [4.69, 9.17) is 10.5 Å². The lowest BCUT2D eigenvalue weighted by atomic mass is 10.3. The molecule has 0 unspecified atom stereocenters. The predicted molar refractivity (Wildman–Crippen MR) is 78.0 cm³/mol. The molecule has 7 nitrogen and oxygen atoms in total. The summed E-state index contributed by atoms with van der Waals surface area (Å²) in [7, 11) is -2.28. The minimum Gasteiger partial charge on any atom is -0.497 e. The summed E-state index contributed by atoms with van der Waals surface area (Å²) in [6.07, 6.45) is 1.38. The van der Waals surface area contributed by atoms with E-state index in [0.717, 1.165) is 0 Å². The molecule has 20 heavy (non-hydrogen) atoms. The first-order valence-electron chi connectivity index (χ1n) is 5.56. The number of halogens is 1. The summed E-state index contributed by atoms with van der Waals surface area (Å²) in [5.41, 5.74) is 6.26. The van der Waals surface area contributed by atoms with Crippen LogP contribution in [0.4, 0.5) is 5.69 Å². The number of aromatic nitrogens is 2. The summed E-state index contributed by atoms with van der Waals surface area (Å²) in [6, 6.07) is 4.92. The van der Waals surface area contributed by atoms with Crippen molar-refractivity contribution in [2.45, 2.75) is 11.6 Å². The minimum atomic E-state index is -3.78. The maximum Gasteiger partial charge on any atom is 0.279 e. The summed E-state index contributed by atoms with van der Waals surface area (Å²) in [4.78, 5) is 0. The van der Waals surface area contributed by atoms with Crippen LogP contribution >= 0.6 is 15.9 Å². The Morgan fingerprint density at radius 3 is 2.85 bits per heavy atom. The van der Waals surface area contributed by atoms with E-state index < -0.39 is 10.0 Å². The molecule has 0 spiro atoms. The van der Waals surface area contributed by atoms with Crippen LogP contribution in [0.15, 0.2) is 33.9 Å². The number of methoxy groups -OCH3 is 1. The van der Waals surface area contributed by atoms with Crippen LogP contribution in [0.2, 0.25) is 0 Å². The normalized spacial score (nSPS) is 11.3. The Balaban J connectivity index is 2.36. The number of rotatable bonds is 5. The average molecular weight is 361 g/mol. The molecule has 0 aliphatic heterocycles. The molecular formula is C11H13BrN4O3S. The Hall–Kier alpha value is -1.58. The first kappa shape index (κ1) is 14.8. The molecule has 1 heterocycles. The van der Waals surface area contributed by atoms with Gasteiger partial charge >= 0.3 is 0 Å². The van der Waals surface area contributed by atoms with Crippen molar-refractivity contribution in [3.05, 3.63) is 34.4 Å². The lowest BCUT2D eigenvalue weighted by Gasteiger charge is -2.09. The van der Waals surface area contributed by atoms with E-state index in [1.165, 1.54) is 13.3 Å². The largest absolute Gasteiger partial charge is 0.497 e. The van der Waals surface area contributed by atoms with Crippen molar-refractivity contribution in [2.24, 2.45) is 5.73 Å². The van der Waals surface area contributed by atoms with Crippen molar-refractivity contribution >= 4 is 31.6 Å². The minimum absolute atomic E-state index is 0.0426. The molecule has 0 aliphatic carbocycles. The number of nitrogens with two attached hydrogens (primary N) is 1. The van der Waals surface area contributed by atoms with Gasteiger partial charge in [-0.05, 0) is 12.1 Å². The number of ether oxygens (including phenoxy) is 1. The summed E-state index contributed by atoms with van der Waals surface area (Å²) < 4.78 is 32.7. The van der Waals surface area contributed by atoms with Gasteiger partial charge in [0.15, 0.2) is 5.03 Å². The highest BCUT2D eigenvalue weighted by Gasteiger charge is 2.20. The first-order valence-corrected chi connectivity index (χ1v) is 7.83. The maximum atomic E-state index is 12.3. The standard InChI is InChI=1S/C11H13BrN4O3S/c1-19-10-3-8(12)2-9(4-10)16-20(17,18)11-7(5-13)6-14-15-11/h2-4,6,16H,5,13H2,1H3,(H,14,15). The predicted octanol–water partition coefficient (Wildman–Crippen LogP) is 1.44. The van der Waals surface area contributed by atoms with Crippen LogP contribution in [-0.4, -0.2) is 25.7 Å². The quantitative estimate of drug-likeness (QED) is 0.747. The zero-order valence-electron chi connectivity index (χ0n) is 10.6. The third-order valence-electron chi connectivity index (χ3n) is 2.53. The number of nitrogens with one attached hydrogen (secondary N) is 2. The Morgan fingerprint density at radius 2 is 2.20 bits per heavy atom. The van der Waals surface area contributed by atoms with Crippen LogP contribution in [0, 0.1) is 0 Å². The number of sulfonamides is 1. The van der Waals surface area contributed by atoms with E-state index in [2.05, 4.69) is 30.8 Å². The SMILES string of the molecule is COc1cc(Br)cc(NS(=O)(=O)c2[nH]ncc2CN)c1. The van der Waals surface area contributed by atoms with E-state index in [-0.39, 0.29) is 11.6 Å². The highest BCUT2D eigenvalue weighted by molar-refractivity contribution is 9.10. The van der Waals surface area contributed by atoms with Crippen molar-refractivity contribution in [2.75, 3.05) is 11.8 Å². The molecule has 0 fully saturated rings. The van der Waals surface area contributed by atoms with Crippen molar-refractivity contribution < 1.29 is 13.2 Å². The number of hydrogen-bond donors (Lipinski definition) is 3. The van der Waals surface area contributed by atoms with E-state index in [1.54, 1.807) is 18.2 Å². The first-order chi connectivity index (χ1) is 9.46. The van der Waals surface area contributed by atoms with Gasteiger partial charge in [-0.2, -0.15) is 13.5 Å². The van der Waals surface area contributed by atoms with Gasteiger partial charge in [-0.15, -0.1) is 0 Å². The van der Waals surface area contributed by atoms with Gasteiger partial charge in [-0.25, -0.2) is 0 Å². The summed E-state index contributed by atoms with van der Waals surface area (Å²) in [6.45, 7) is 0.0779. The molecule has 0 saturated heterocycles. The van der Waals surface area contributed by atoms with Crippen molar-refractivity contribution in [1.29, 1.82) is 0 Å². The van der Waals surface area contributed by atoms with Gasteiger partial charge in [0.25, 0.3) is 10.0 Å². The lowest BCUT2D eigenvalue weighted by Crippen LogP contribution is -2.16. The Morgan fingerprint density at radius 1 is 1.45 bits per heavy atom. The van der Waals surface area contributed by atoms with Gasteiger partial charge in [-0.1, -0.05) is 15.9 Å². The van der Waals surface area contributed by atoms with Crippen LogP contribution in [0.3, 0.4) is 0 Å². The number of H-pyrrole nitrogens is 1. The fourth-order valence-electron chi connectivity index (χ4n) is 1.62. The molecule has 0 atom stereocenters. The Labute approximate surface area is 124 Å².